The van der Waals surface area contributed by atoms with Crippen molar-refractivity contribution in [3.63, 3.8) is 0 Å². The number of amides is 1. The molecule has 1 aliphatic carbocycles. The van der Waals surface area contributed by atoms with E-state index in [0.717, 1.165) is 36.3 Å². The fourth-order valence-electron chi connectivity index (χ4n) is 4.98. The Morgan fingerprint density at radius 1 is 1.03 bits per heavy atom. The Bertz CT molecular complexity index is 1020. The molecule has 6 heteroatoms. The van der Waals surface area contributed by atoms with E-state index in [1.807, 2.05) is 10.5 Å². The standard InChI is InChI=1S/C23H25FN4O/c24-18-9-7-17(8-10-18)21-15-26-23-25-12-11-20(28(21)23)19-6-3-13-27(19)22(29)14-16-4-1-2-5-16/h7-12,15-16,19H,1-6,13-14H2/t19-/m1/s1. The maximum Gasteiger partial charge on any atom is 0.234 e. The minimum Gasteiger partial charge on any atom is -0.334 e. The lowest BCUT2D eigenvalue weighted by atomic mass is 10.0. The lowest BCUT2D eigenvalue weighted by Crippen LogP contribution is -2.32. The maximum absolute atomic E-state index is 13.4. The Morgan fingerprint density at radius 3 is 2.62 bits per heavy atom. The average molecular weight is 392 g/mol. The van der Waals surface area contributed by atoms with Crippen LogP contribution in [-0.4, -0.2) is 31.7 Å². The first-order chi connectivity index (χ1) is 14.2. The van der Waals surface area contributed by atoms with Crippen LogP contribution in [0.25, 0.3) is 17.0 Å². The van der Waals surface area contributed by atoms with Crippen LogP contribution in [-0.2, 0) is 4.79 Å². The predicted octanol–water partition coefficient (Wildman–Crippen LogP) is 4.78. The molecule has 1 saturated carbocycles. The summed E-state index contributed by atoms with van der Waals surface area (Å²) in [6.45, 7) is 0.806. The molecule has 29 heavy (non-hydrogen) atoms. The molecule has 2 aliphatic rings. The highest BCUT2D eigenvalue weighted by atomic mass is 19.1. The molecule has 1 aromatic carbocycles. The second kappa shape index (κ2) is 7.58. The van der Waals surface area contributed by atoms with Gasteiger partial charge in [0.2, 0.25) is 11.7 Å². The fourth-order valence-corrected chi connectivity index (χ4v) is 4.98. The molecule has 5 rings (SSSR count). The minimum absolute atomic E-state index is 0.0304. The number of hydrogen-bond donors (Lipinski definition) is 0. The Morgan fingerprint density at radius 2 is 1.83 bits per heavy atom. The summed E-state index contributed by atoms with van der Waals surface area (Å²) in [6.07, 6.45) is 11.0. The minimum atomic E-state index is -0.264. The van der Waals surface area contributed by atoms with Gasteiger partial charge in [0, 0.05) is 24.7 Å². The average Bonchev–Trinajstić information content (AvgIpc) is 3.48. The molecule has 1 amide bonds. The van der Waals surface area contributed by atoms with Gasteiger partial charge in [-0.25, -0.2) is 14.4 Å². The van der Waals surface area contributed by atoms with Gasteiger partial charge in [0.05, 0.1) is 23.6 Å². The van der Waals surface area contributed by atoms with Crippen LogP contribution in [0.3, 0.4) is 0 Å². The van der Waals surface area contributed by atoms with Gasteiger partial charge in [-0.15, -0.1) is 0 Å². The van der Waals surface area contributed by atoms with Crippen molar-refractivity contribution in [3.05, 3.63) is 54.2 Å². The Balaban J connectivity index is 1.51. The third-order valence-electron chi connectivity index (χ3n) is 6.43. The number of carbonyl (C=O) groups is 1. The lowest BCUT2D eigenvalue weighted by Gasteiger charge is -2.27. The molecule has 3 heterocycles. The Kier molecular flexibility index (Phi) is 4.78. The molecule has 0 spiro atoms. The third-order valence-corrected chi connectivity index (χ3v) is 6.43. The van der Waals surface area contributed by atoms with Crippen LogP contribution in [0.2, 0.25) is 0 Å². The maximum atomic E-state index is 13.4. The second-order valence-corrected chi connectivity index (χ2v) is 8.26. The SMILES string of the molecule is O=C(CC1CCCC1)N1CCC[C@@H]1c1ccnc2ncc(-c3ccc(F)cc3)n12. The van der Waals surface area contributed by atoms with Gasteiger partial charge in [-0.3, -0.25) is 9.20 Å². The van der Waals surface area contributed by atoms with Crippen LogP contribution >= 0.6 is 0 Å². The summed E-state index contributed by atoms with van der Waals surface area (Å²) in [4.78, 5) is 24.0. The van der Waals surface area contributed by atoms with Crippen molar-refractivity contribution >= 4 is 11.7 Å². The zero-order chi connectivity index (χ0) is 19.8. The number of rotatable bonds is 4. The number of likely N-dealkylation sites (tertiary alicyclic amines) is 1. The molecule has 150 valence electrons. The van der Waals surface area contributed by atoms with E-state index in [0.29, 0.717) is 18.1 Å². The van der Waals surface area contributed by atoms with Gasteiger partial charge >= 0.3 is 0 Å². The molecular weight excluding hydrogens is 367 g/mol. The van der Waals surface area contributed by atoms with E-state index >= 15 is 0 Å². The summed E-state index contributed by atoms with van der Waals surface area (Å²) in [5.41, 5.74) is 2.79. The van der Waals surface area contributed by atoms with E-state index in [-0.39, 0.29) is 17.8 Å². The Labute approximate surface area is 169 Å². The quantitative estimate of drug-likeness (QED) is 0.642. The molecule has 1 saturated heterocycles. The van der Waals surface area contributed by atoms with Crippen molar-refractivity contribution in [3.8, 4) is 11.3 Å². The second-order valence-electron chi connectivity index (χ2n) is 8.26. The highest BCUT2D eigenvalue weighted by molar-refractivity contribution is 5.77. The normalized spacial score (nSPS) is 20.0. The molecule has 2 fully saturated rings. The highest BCUT2D eigenvalue weighted by Gasteiger charge is 2.33. The molecule has 1 atom stereocenters. The number of benzene rings is 1. The largest absolute Gasteiger partial charge is 0.334 e. The van der Waals surface area contributed by atoms with Gasteiger partial charge in [0.25, 0.3) is 0 Å². The molecule has 0 N–H and O–H groups in total. The number of carbonyl (C=O) groups excluding carboxylic acids is 1. The van der Waals surface area contributed by atoms with Crippen LogP contribution in [0.5, 0.6) is 0 Å². The number of aromatic nitrogens is 3. The van der Waals surface area contributed by atoms with Gasteiger partial charge in [0.1, 0.15) is 5.82 Å². The van der Waals surface area contributed by atoms with E-state index in [1.165, 1.54) is 37.8 Å². The first kappa shape index (κ1) is 18.3. The van der Waals surface area contributed by atoms with Crippen molar-refractivity contribution in [2.75, 3.05) is 6.54 Å². The van der Waals surface area contributed by atoms with Crippen LogP contribution in [0, 0.1) is 11.7 Å². The van der Waals surface area contributed by atoms with Crippen LogP contribution in [0.1, 0.15) is 56.7 Å². The van der Waals surface area contributed by atoms with Gasteiger partial charge in [-0.2, -0.15) is 0 Å². The summed E-state index contributed by atoms with van der Waals surface area (Å²) in [5, 5.41) is 0. The van der Waals surface area contributed by atoms with Gasteiger partial charge < -0.3 is 4.90 Å². The third kappa shape index (κ3) is 3.41. The number of imidazole rings is 1. The van der Waals surface area contributed by atoms with E-state index in [1.54, 1.807) is 24.5 Å². The predicted molar refractivity (Wildman–Crippen MR) is 109 cm³/mol. The van der Waals surface area contributed by atoms with Crippen molar-refractivity contribution < 1.29 is 9.18 Å². The smallest absolute Gasteiger partial charge is 0.234 e. The first-order valence-electron chi connectivity index (χ1n) is 10.6. The summed E-state index contributed by atoms with van der Waals surface area (Å²) >= 11 is 0. The molecule has 0 radical (unpaired) electrons. The molecule has 3 aromatic rings. The number of fused-ring (bicyclic) bond motifs is 1. The van der Waals surface area contributed by atoms with Crippen molar-refractivity contribution in [2.24, 2.45) is 5.92 Å². The summed E-state index contributed by atoms with van der Waals surface area (Å²) < 4.78 is 15.4. The molecular formula is C23H25FN4O. The van der Waals surface area contributed by atoms with Crippen molar-refractivity contribution in [1.82, 2.24) is 19.3 Å². The molecule has 2 aromatic heterocycles. The zero-order valence-corrected chi connectivity index (χ0v) is 16.4. The zero-order valence-electron chi connectivity index (χ0n) is 16.4. The fraction of sp³-hybridized carbons (Fsp3) is 0.435. The Hall–Kier alpha value is -2.76. The van der Waals surface area contributed by atoms with E-state index in [2.05, 4.69) is 14.9 Å². The number of halogens is 1. The van der Waals surface area contributed by atoms with Crippen molar-refractivity contribution in [2.45, 2.75) is 51.0 Å². The van der Waals surface area contributed by atoms with Crippen LogP contribution in [0.15, 0.2) is 42.7 Å². The summed E-state index contributed by atoms with van der Waals surface area (Å²) in [7, 11) is 0. The molecule has 0 bridgehead atoms. The highest BCUT2D eigenvalue weighted by Crippen LogP contribution is 2.36. The number of hydrogen-bond acceptors (Lipinski definition) is 3. The topological polar surface area (TPSA) is 50.5 Å². The monoisotopic (exact) mass is 392 g/mol. The van der Waals surface area contributed by atoms with Gasteiger partial charge in [-0.05, 0) is 61.9 Å². The van der Waals surface area contributed by atoms with Crippen LogP contribution in [0.4, 0.5) is 4.39 Å². The first-order valence-corrected chi connectivity index (χ1v) is 10.6. The van der Waals surface area contributed by atoms with Gasteiger partial charge in [-0.1, -0.05) is 12.8 Å². The summed E-state index contributed by atoms with van der Waals surface area (Å²) in [6, 6.07) is 8.45. The van der Waals surface area contributed by atoms with E-state index < -0.39 is 0 Å². The van der Waals surface area contributed by atoms with Crippen molar-refractivity contribution in [1.29, 1.82) is 0 Å². The van der Waals surface area contributed by atoms with Crippen LogP contribution < -0.4 is 0 Å². The number of nitrogens with zero attached hydrogens (tertiary/aromatic N) is 4. The molecule has 1 aliphatic heterocycles. The lowest BCUT2D eigenvalue weighted by molar-refractivity contribution is -0.133. The van der Waals surface area contributed by atoms with Gasteiger partial charge in [0.15, 0.2) is 0 Å². The molecule has 5 nitrogen and oxygen atoms in total. The van der Waals surface area contributed by atoms with E-state index in [9.17, 15) is 9.18 Å². The molecule has 0 unspecified atom stereocenters. The van der Waals surface area contributed by atoms with E-state index in [4.69, 9.17) is 0 Å². The summed E-state index contributed by atoms with van der Waals surface area (Å²) in [5.74, 6) is 1.16.